The van der Waals surface area contributed by atoms with E-state index in [9.17, 15) is 13.2 Å². The Morgan fingerprint density at radius 2 is 1.79 bits per heavy atom. The number of thiazole rings is 1. The van der Waals surface area contributed by atoms with Gasteiger partial charge < -0.3 is 5.32 Å². The van der Waals surface area contributed by atoms with Gasteiger partial charge in [-0.25, -0.2) is 13.4 Å². The first-order valence-corrected chi connectivity index (χ1v) is 13.4. The van der Waals surface area contributed by atoms with E-state index >= 15 is 0 Å². The van der Waals surface area contributed by atoms with Gasteiger partial charge in [-0.1, -0.05) is 42.0 Å². The summed E-state index contributed by atoms with van der Waals surface area (Å²) in [6.45, 7) is 6.93. The highest BCUT2D eigenvalue weighted by Crippen LogP contribution is 2.26. The van der Waals surface area contributed by atoms with Gasteiger partial charge >= 0.3 is 0 Å². The zero-order valence-electron chi connectivity index (χ0n) is 19.2. The lowest BCUT2D eigenvalue weighted by molar-refractivity contribution is -0.126. The molecule has 1 saturated heterocycles. The molecule has 2 aromatic carbocycles. The molecule has 1 aromatic heterocycles. The van der Waals surface area contributed by atoms with E-state index in [-0.39, 0.29) is 11.8 Å². The normalized spacial score (nSPS) is 15.5. The summed E-state index contributed by atoms with van der Waals surface area (Å²) in [6, 6.07) is 13.4. The van der Waals surface area contributed by atoms with Crippen molar-refractivity contribution in [2.45, 2.75) is 45.1 Å². The van der Waals surface area contributed by atoms with Crippen LogP contribution < -0.4 is 5.32 Å². The van der Waals surface area contributed by atoms with Crippen LogP contribution in [0.5, 0.6) is 0 Å². The number of amides is 1. The summed E-state index contributed by atoms with van der Waals surface area (Å²) >= 11 is 1.63. The average molecular weight is 484 g/mol. The molecule has 0 aliphatic carbocycles. The largest absolute Gasteiger partial charge is 0.352 e. The van der Waals surface area contributed by atoms with Gasteiger partial charge in [0.2, 0.25) is 15.9 Å². The van der Waals surface area contributed by atoms with Crippen LogP contribution in [0.4, 0.5) is 0 Å². The zero-order chi connectivity index (χ0) is 23.6. The summed E-state index contributed by atoms with van der Waals surface area (Å²) in [4.78, 5) is 17.5. The highest BCUT2D eigenvalue weighted by molar-refractivity contribution is 7.89. The third-order valence-electron chi connectivity index (χ3n) is 6.11. The molecular formula is C25H29N3O3S2. The fourth-order valence-corrected chi connectivity index (χ4v) is 6.51. The van der Waals surface area contributed by atoms with Gasteiger partial charge in [0.15, 0.2) is 0 Å². The van der Waals surface area contributed by atoms with Crippen molar-refractivity contribution < 1.29 is 13.2 Å². The van der Waals surface area contributed by atoms with Crippen molar-refractivity contribution in [1.29, 1.82) is 0 Å². The first-order valence-electron chi connectivity index (χ1n) is 11.1. The monoisotopic (exact) mass is 483 g/mol. The molecule has 0 saturated carbocycles. The SMILES string of the molecule is Cc1ccc(S(=O)(=O)N2CCC(C(=O)NCc3ccc(-c4csc(C)n4)cc3)CC2)c(C)c1. The predicted molar refractivity (Wildman–Crippen MR) is 132 cm³/mol. The van der Waals surface area contributed by atoms with Crippen molar-refractivity contribution in [1.82, 2.24) is 14.6 Å². The van der Waals surface area contributed by atoms with Gasteiger partial charge in [-0.15, -0.1) is 11.3 Å². The molecule has 4 rings (SSSR count). The maximum absolute atomic E-state index is 13.1. The van der Waals surface area contributed by atoms with Crippen LogP contribution in [-0.2, 0) is 21.4 Å². The smallest absolute Gasteiger partial charge is 0.243 e. The van der Waals surface area contributed by atoms with Gasteiger partial charge in [0, 0.05) is 36.5 Å². The summed E-state index contributed by atoms with van der Waals surface area (Å²) in [5, 5.41) is 6.09. The van der Waals surface area contributed by atoms with Crippen molar-refractivity contribution in [3.05, 3.63) is 69.5 Å². The fraction of sp³-hybridized carbons (Fsp3) is 0.360. The third-order valence-corrected chi connectivity index (χ3v) is 8.94. The highest BCUT2D eigenvalue weighted by atomic mass is 32.2. The van der Waals surface area contributed by atoms with Gasteiger partial charge in [0.05, 0.1) is 15.6 Å². The predicted octanol–water partition coefficient (Wildman–Crippen LogP) is 4.45. The number of sulfonamides is 1. The van der Waals surface area contributed by atoms with Crippen molar-refractivity contribution in [2.75, 3.05) is 13.1 Å². The summed E-state index contributed by atoms with van der Waals surface area (Å²) in [7, 11) is -3.54. The summed E-state index contributed by atoms with van der Waals surface area (Å²) in [5.41, 5.74) is 4.84. The number of carbonyl (C=O) groups excluding carboxylic acids is 1. The Kier molecular flexibility index (Phi) is 6.97. The molecule has 1 amide bonds. The number of benzene rings is 2. The maximum Gasteiger partial charge on any atom is 0.243 e. The van der Waals surface area contributed by atoms with E-state index in [1.807, 2.05) is 62.5 Å². The molecule has 3 aromatic rings. The molecule has 0 bridgehead atoms. The molecule has 1 aliphatic rings. The lowest BCUT2D eigenvalue weighted by atomic mass is 9.97. The summed E-state index contributed by atoms with van der Waals surface area (Å²) in [6.07, 6.45) is 1.05. The number of rotatable bonds is 6. The van der Waals surface area contributed by atoms with Crippen molar-refractivity contribution in [3.63, 3.8) is 0 Å². The van der Waals surface area contributed by atoms with Gasteiger partial charge in [-0.2, -0.15) is 4.31 Å². The zero-order valence-corrected chi connectivity index (χ0v) is 20.8. The molecule has 0 radical (unpaired) electrons. The molecular weight excluding hydrogens is 454 g/mol. The number of nitrogens with zero attached hydrogens (tertiary/aromatic N) is 2. The highest BCUT2D eigenvalue weighted by Gasteiger charge is 2.32. The van der Waals surface area contributed by atoms with Crippen LogP contribution in [0.3, 0.4) is 0 Å². The Hall–Kier alpha value is -2.55. The van der Waals surface area contributed by atoms with Crippen LogP contribution in [0.25, 0.3) is 11.3 Å². The number of carbonyl (C=O) groups is 1. The molecule has 0 unspecified atom stereocenters. The van der Waals surface area contributed by atoms with E-state index in [0.717, 1.165) is 33.0 Å². The van der Waals surface area contributed by atoms with E-state index in [1.165, 1.54) is 4.31 Å². The minimum Gasteiger partial charge on any atom is -0.352 e. The Bertz CT molecular complexity index is 1240. The fourth-order valence-electron chi connectivity index (χ4n) is 4.21. The minimum absolute atomic E-state index is 0.0160. The third kappa shape index (κ3) is 5.34. The van der Waals surface area contributed by atoms with E-state index in [2.05, 4.69) is 10.3 Å². The lowest BCUT2D eigenvalue weighted by Gasteiger charge is -2.31. The number of aromatic nitrogens is 1. The topological polar surface area (TPSA) is 79.4 Å². The molecule has 6 nitrogen and oxygen atoms in total. The first-order chi connectivity index (χ1) is 15.7. The van der Waals surface area contributed by atoms with Crippen LogP contribution in [0, 0.1) is 26.7 Å². The molecule has 1 aliphatic heterocycles. The number of nitrogens with one attached hydrogen (secondary N) is 1. The molecule has 0 atom stereocenters. The second-order valence-corrected chi connectivity index (χ2v) is 11.6. The molecule has 1 N–H and O–H groups in total. The Balaban J connectivity index is 1.30. The second-order valence-electron chi connectivity index (χ2n) is 8.61. The van der Waals surface area contributed by atoms with E-state index < -0.39 is 10.0 Å². The van der Waals surface area contributed by atoms with Crippen LogP contribution in [-0.4, -0.2) is 36.7 Å². The quantitative estimate of drug-likeness (QED) is 0.562. The van der Waals surface area contributed by atoms with E-state index in [1.54, 1.807) is 17.4 Å². The Labute approximate surface area is 199 Å². The van der Waals surface area contributed by atoms with Crippen LogP contribution in [0.1, 0.15) is 34.5 Å². The van der Waals surface area contributed by atoms with E-state index in [4.69, 9.17) is 0 Å². The average Bonchev–Trinajstić information content (AvgIpc) is 3.24. The van der Waals surface area contributed by atoms with Crippen molar-refractivity contribution in [3.8, 4) is 11.3 Å². The number of aryl methyl sites for hydroxylation is 3. The van der Waals surface area contributed by atoms with Crippen LogP contribution in [0.2, 0.25) is 0 Å². The van der Waals surface area contributed by atoms with Gasteiger partial charge in [-0.05, 0) is 50.8 Å². The Morgan fingerprint density at radius 1 is 1.09 bits per heavy atom. The van der Waals surface area contributed by atoms with Gasteiger partial charge in [0.25, 0.3) is 0 Å². The minimum atomic E-state index is -3.54. The van der Waals surface area contributed by atoms with E-state index in [0.29, 0.717) is 37.4 Å². The van der Waals surface area contributed by atoms with Crippen LogP contribution >= 0.6 is 11.3 Å². The van der Waals surface area contributed by atoms with Gasteiger partial charge in [-0.3, -0.25) is 4.79 Å². The Morgan fingerprint density at radius 3 is 2.39 bits per heavy atom. The maximum atomic E-state index is 13.1. The number of hydrogen-bond acceptors (Lipinski definition) is 5. The van der Waals surface area contributed by atoms with Crippen molar-refractivity contribution >= 4 is 27.3 Å². The number of hydrogen-bond donors (Lipinski definition) is 1. The standard InChI is InChI=1S/C25H29N3O3S2/c1-17-4-9-24(18(2)14-17)33(30,31)28-12-10-22(11-13-28)25(29)26-15-20-5-7-21(8-6-20)23-16-32-19(3)27-23/h4-9,14,16,22H,10-13,15H2,1-3H3,(H,26,29). The molecule has 174 valence electrons. The lowest BCUT2D eigenvalue weighted by Crippen LogP contribution is -2.43. The summed E-state index contributed by atoms with van der Waals surface area (Å²) < 4.78 is 27.6. The molecule has 1 fully saturated rings. The van der Waals surface area contributed by atoms with Crippen LogP contribution in [0.15, 0.2) is 52.7 Å². The second kappa shape index (κ2) is 9.75. The molecule has 33 heavy (non-hydrogen) atoms. The number of piperidine rings is 1. The molecule has 2 heterocycles. The summed E-state index contributed by atoms with van der Waals surface area (Å²) in [5.74, 6) is -0.189. The first kappa shape index (κ1) is 23.6. The van der Waals surface area contributed by atoms with Gasteiger partial charge in [0.1, 0.15) is 0 Å². The molecule has 8 heteroatoms. The molecule has 0 spiro atoms. The van der Waals surface area contributed by atoms with Crippen molar-refractivity contribution in [2.24, 2.45) is 5.92 Å².